The zero-order valence-electron chi connectivity index (χ0n) is 14.3. The van der Waals surface area contributed by atoms with Gasteiger partial charge in [0.25, 0.3) is 0 Å². The summed E-state index contributed by atoms with van der Waals surface area (Å²) in [5.74, 6) is 3.32. The molecule has 2 unspecified atom stereocenters. The number of ether oxygens (including phenoxy) is 4. The summed E-state index contributed by atoms with van der Waals surface area (Å²) in [6, 6.07) is 9.57. The van der Waals surface area contributed by atoms with Crippen LogP contribution in [0.2, 0.25) is 0 Å². The van der Waals surface area contributed by atoms with Crippen LogP contribution in [-0.4, -0.2) is 33.5 Å². The smallest absolute Gasteiger partial charge is 0.203 e. The summed E-state index contributed by atoms with van der Waals surface area (Å²) in [7, 11) is 6.38. The second kappa shape index (κ2) is 6.51. The SMILES string of the molecule is COc1ccc(C2CC2c2cc(OC)c(OC)c(OC)c2)cc1O. The molecule has 1 aliphatic rings. The Morgan fingerprint density at radius 1 is 0.750 bits per heavy atom. The molecule has 0 aliphatic heterocycles. The summed E-state index contributed by atoms with van der Waals surface area (Å²) >= 11 is 0. The Morgan fingerprint density at radius 3 is 1.83 bits per heavy atom. The van der Waals surface area contributed by atoms with Gasteiger partial charge in [0, 0.05) is 0 Å². The molecular formula is C19H22O5. The highest BCUT2D eigenvalue weighted by Gasteiger charge is 2.40. The predicted molar refractivity (Wildman–Crippen MR) is 90.9 cm³/mol. The number of methoxy groups -OCH3 is 4. The summed E-state index contributed by atoms with van der Waals surface area (Å²) < 4.78 is 21.3. The number of hydrogen-bond acceptors (Lipinski definition) is 5. The lowest BCUT2D eigenvalue weighted by molar-refractivity contribution is 0.324. The van der Waals surface area contributed by atoms with E-state index in [-0.39, 0.29) is 5.75 Å². The van der Waals surface area contributed by atoms with Gasteiger partial charge in [-0.15, -0.1) is 0 Å². The molecule has 0 aromatic heterocycles. The van der Waals surface area contributed by atoms with E-state index < -0.39 is 0 Å². The minimum Gasteiger partial charge on any atom is -0.504 e. The van der Waals surface area contributed by atoms with Gasteiger partial charge in [-0.25, -0.2) is 0 Å². The van der Waals surface area contributed by atoms with E-state index in [1.165, 1.54) is 0 Å². The highest BCUT2D eigenvalue weighted by Crippen LogP contribution is 2.57. The van der Waals surface area contributed by atoms with Crippen LogP contribution in [0.5, 0.6) is 28.7 Å². The summed E-state index contributed by atoms with van der Waals surface area (Å²) in [6.45, 7) is 0. The van der Waals surface area contributed by atoms with Gasteiger partial charge < -0.3 is 24.1 Å². The van der Waals surface area contributed by atoms with E-state index in [1.54, 1.807) is 40.6 Å². The zero-order chi connectivity index (χ0) is 17.3. The zero-order valence-corrected chi connectivity index (χ0v) is 14.3. The van der Waals surface area contributed by atoms with Crippen LogP contribution in [0.15, 0.2) is 30.3 Å². The monoisotopic (exact) mass is 330 g/mol. The van der Waals surface area contributed by atoms with E-state index in [1.807, 2.05) is 18.2 Å². The van der Waals surface area contributed by atoms with Crippen molar-refractivity contribution < 1.29 is 24.1 Å². The molecule has 5 heteroatoms. The molecule has 3 rings (SSSR count). The highest BCUT2D eigenvalue weighted by atomic mass is 16.5. The Kier molecular flexibility index (Phi) is 4.42. The van der Waals surface area contributed by atoms with Crippen LogP contribution in [-0.2, 0) is 0 Å². The third-order valence-electron chi connectivity index (χ3n) is 4.54. The molecule has 1 saturated carbocycles. The van der Waals surface area contributed by atoms with Crippen LogP contribution in [0.1, 0.15) is 29.4 Å². The van der Waals surface area contributed by atoms with Crippen LogP contribution in [0.4, 0.5) is 0 Å². The van der Waals surface area contributed by atoms with Gasteiger partial charge in [0.2, 0.25) is 5.75 Å². The van der Waals surface area contributed by atoms with Crippen LogP contribution < -0.4 is 18.9 Å². The maximum Gasteiger partial charge on any atom is 0.203 e. The maximum absolute atomic E-state index is 9.98. The van der Waals surface area contributed by atoms with Crippen molar-refractivity contribution in [2.45, 2.75) is 18.3 Å². The Hall–Kier alpha value is -2.56. The molecule has 0 saturated heterocycles. The van der Waals surface area contributed by atoms with Crippen LogP contribution in [0.3, 0.4) is 0 Å². The second-order valence-corrected chi connectivity index (χ2v) is 5.84. The molecule has 0 spiro atoms. The van der Waals surface area contributed by atoms with Crippen molar-refractivity contribution in [3.63, 3.8) is 0 Å². The van der Waals surface area contributed by atoms with Crippen LogP contribution >= 0.6 is 0 Å². The lowest BCUT2D eigenvalue weighted by Gasteiger charge is -2.14. The van der Waals surface area contributed by atoms with E-state index in [0.29, 0.717) is 34.8 Å². The number of hydrogen-bond donors (Lipinski definition) is 1. The first-order valence-corrected chi connectivity index (χ1v) is 7.79. The number of rotatable bonds is 6. The van der Waals surface area contributed by atoms with Crippen molar-refractivity contribution >= 4 is 0 Å². The minimum absolute atomic E-state index is 0.172. The predicted octanol–water partition coefficient (Wildman–Crippen LogP) is 3.70. The van der Waals surface area contributed by atoms with E-state index >= 15 is 0 Å². The highest BCUT2D eigenvalue weighted by molar-refractivity contribution is 5.56. The summed E-state index contributed by atoms with van der Waals surface area (Å²) in [4.78, 5) is 0. The number of phenols is 1. The van der Waals surface area contributed by atoms with Crippen molar-refractivity contribution in [2.75, 3.05) is 28.4 Å². The van der Waals surface area contributed by atoms with Crippen molar-refractivity contribution in [1.82, 2.24) is 0 Å². The molecule has 0 bridgehead atoms. The van der Waals surface area contributed by atoms with Crippen LogP contribution in [0, 0.1) is 0 Å². The quantitative estimate of drug-likeness (QED) is 0.875. The van der Waals surface area contributed by atoms with Gasteiger partial charge >= 0.3 is 0 Å². The number of benzene rings is 2. The Balaban J connectivity index is 1.88. The molecule has 128 valence electrons. The molecule has 5 nitrogen and oxygen atoms in total. The average molecular weight is 330 g/mol. The lowest BCUT2D eigenvalue weighted by Crippen LogP contribution is -1.97. The minimum atomic E-state index is 0.172. The Morgan fingerprint density at radius 2 is 1.33 bits per heavy atom. The fourth-order valence-corrected chi connectivity index (χ4v) is 3.18. The summed E-state index contributed by atoms with van der Waals surface area (Å²) in [5, 5.41) is 9.98. The molecule has 2 aromatic rings. The molecule has 1 aliphatic carbocycles. The van der Waals surface area contributed by atoms with Gasteiger partial charge in [0.15, 0.2) is 23.0 Å². The van der Waals surface area contributed by atoms with Crippen molar-refractivity contribution in [3.05, 3.63) is 41.5 Å². The molecule has 24 heavy (non-hydrogen) atoms. The molecular weight excluding hydrogens is 308 g/mol. The standard InChI is InChI=1S/C19H22O5/c1-21-16-6-5-11(7-15(16)20)13-10-14(13)12-8-17(22-2)19(24-4)18(9-12)23-3/h5-9,13-14,20H,10H2,1-4H3. The van der Waals surface area contributed by atoms with Gasteiger partial charge in [0.1, 0.15) is 0 Å². The van der Waals surface area contributed by atoms with E-state index in [0.717, 1.165) is 17.5 Å². The number of aromatic hydroxyl groups is 1. The molecule has 2 aromatic carbocycles. The second-order valence-electron chi connectivity index (χ2n) is 5.84. The van der Waals surface area contributed by atoms with Gasteiger partial charge in [0.05, 0.1) is 28.4 Å². The molecule has 1 N–H and O–H groups in total. The van der Waals surface area contributed by atoms with Crippen LogP contribution in [0.25, 0.3) is 0 Å². The van der Waals surface area contributed by atoms with Gasteiger partial charge in [-0.05, 0) is 53.6 Å². The third kappa shape index (κ3) is 2.82. The third-order valence-corrected chi connectivity index (χ3v) is 4.54. The first-order valence-electron chi connectivity index (χ1n) is 7.79. The Labute approximate surface area is 141 Å². The van der Waals surface area contributed by atoms with Gasteiger partial charge in [-0.2, -0.15) is 0 Å². The summed E-state index contributed by atoms with van der Waals surface area (Å²) in [6.07, 6.45) is 1.02. The molecule has 0 amide bonds. The van der Waals surface area contributed by atoms with E-state index in [4.69, 9.17) is 18.9 Å². The molecule has 0 heterocycles. The first-order chi connectivity index (χ1) is 11.6. The topological polar surface area (TPSA) is 57.2 Å². The largest absolute Gasteiger partial charge is 0.504 e. The summed E-state index contributed by atoms with van der Waals surface area (Å²) in [5.41, 5.74) is 2.25. The molecule has 1 fully saturated rings. The van der Waals surface area contributed by atoms with Crippen molar-refractivity contribution in [1.29, 1.82) is 0 Å². The normalized spacial score (nSPS) is 18.8. The molecule has 0 radical (unpaired) electrons. The van der Waals surface area contributed by atoms with Crippen molar-refractivity contribution in [3.8, 4) is 28.7 Å². The maximum atomic E-state index is 9.98. The average Bonchev–Trinajstić information content (AvgIpc) is 3.41. The van der Waals surface area contributed by atoms with Gasteiger partial charge in [-0.1, -0.05) is 6.07 Å². The fraction of sp³-hybridized carbons (Fsp3) is 0.368. The van der Waals surface area contributed by atoms with Gasteiger partial charge in [-0.3, -0.25) is 0 Å². The van der Waals surface area contributed by atoms with Crippen molar-refractivity contribution in [2.24, 2.45) is 0 Å². The fourth-order valence-electron chi connectivity index (χ4n) is 3.18. The van der Waals surface area contributed by atoms with E-state index in [2.05, 4.69) is 0 Å². The number of phenolic OH excluding ortho intramolecular Hbond substituents is 1. The molecule has 2 atom stereocenters. The lowest BCUT2D eigenvalue weighted by atomic mass is 10.0. The first kappa shape index (κ1) is 16.3. The van der Waals surface area contributed by atoms with E-state index in [9.17, 15) is 5.11 Å². The Bertz CT molecular complexity index is 716.